The Morgan fingerprint density at radius 3 is 3.00 bits per heavy atom. The summed E-state index contributed by atoms with van der Waals surface area (Å²) in [4.78, 5) is 27.7. The summed E-state index contributed by atoms with van der Waals surface area (Å²) in [5, 5.41) is 0.394. The summed E-state index contributed by atoms with van der Waals surface area (Å²) < 4.78 is 1.67. The molecule has 2 aromatic rings. The molecule has 1 aromatic carbocycles. The zero-order valence-electron chi connectivity index (χ0n) is 9.10. The SMILES string of the molecule is CCCC(=O)On1c(=O)sc2cccc(Cl)c21. The number of carbonyl (C=O) groups excluding carboxylic acids is 1. The van der Waals surface area contributed by atoms with Crippen molar-refractivity contribution in [3.8, 4) is 0 Å². The standard InChI is InChI=1S/C11H10ClNO3S/c1-2-4-9(14)16-13-10-7(12)5-3-6-8(10)17-11(13)15/h3,5-6H,2,4H2,1H3. The highest BCUT2D eigenvalue weighted by Crippen LogP contribution is 2.24. The summed E-state index contributed by atoms with van der Waals surface area (Å²) >= 11 is 6.99. The Morgan fingerprint density at radius 1 is 1.53 bits per heavy atom. The number of thiazole rings is 1. The number of hydrogen-bond acceptors (Lipinski definition) is 4. The quantitative estimate of drug-likeness (QED) is 0.862. The predicted molar refractivity (Wildman–Crippen MR) is 67.6 cm³/mol. The van der Waals surface area contributed by atoms with E-state index in [1.807, 2.05) is 6.92 Å². The van der Waals surface area contributed by atoms with E-state index in [0.29, 0.717) is 21.7 Å². The molecule has 0 atom stereocenters. The first-order chi connectivity index (χ1) is 8.13. The van der Waals surface area contributed by atoms with E-state index in [1.165, 1.54) is 0 Å². The third-order valence-electron chi connectivity index (χ3n) is 2.16. The molecule has 0 aliphatic heterocycles. The smallest absolute Gasteiger partial charge is 0.332 e. The number of para-hydroxylation sites is 1. The van der Waals surface area contributed by atoms with Crippen LogP contribution < -0.4 is 9.71 Å². The lowest BCUT2D eigenvalue weighted by atomic mass is 10.3. The molecule has 0 spiro atoms. The molecule has 6 heteroatoms. The van der Waals surface area contributed by atoms with Gasteiger partial charge in [0.25, 0.3) is 0 Å². The Morgan fingerprint density at radius 2 is 2.29 bits per heavy atom. The van der Waals surface area contributed by atoms with E-state index in [9.17, 15) is 9.59 Å². The molecule has 0 aliphatic rings. The van der Waals surface area contributed by atoms with Crippen LogP contribution in [0.15, 0.2) is 23.0 Å². The first-order valence-corrected chi connectivity index (χ1v) is 6.34. The third-order valence-corrected chi connectivity index (χ3v) is 3.36. The van der Waals surface area contributed by atoms with E-state index in [-0.39, 0.29) is 11.3 Å². The van der Waals surface area contributed by atoms with E-state index >= 15 is 0 Å². The van der Waals surface area contributed by atoms with E-state index in [1.54, 1.807) is 18.2 Å². The van der Waals surface area contributed by atoms with Gasteiger partial charge in [0, 0.05) is 6.42 Å². The molecule has 0 bridgehead atoms. The van der Waals surface area contributed by atoms with Gasteiger partial charge in [-0.15, -0.1) is 4.73 Å². The summed E-state index contributed by atoms with van der Waals surface area (Å²) in [5.41, 5.74) is 0.452. The number of hydrogen-bond donors (Lipinski definition) is 0. The minimum atomic E-state index is -0.436. The number of aromatic nitrogens is 1. The molecule has 17 heavy (non-hydrogen) atoms. The predicted octanol–water partition coefficient (Wildman–Crippen LogP) is 2.47. The van der Waals surface area contributed by atoms with Gasteiger partial charge in [-0.05, 0) is 18.6 Å². The van der Waals surface area contributed by atoms with Crippen molar-refractivity contribution in [1.82, 2.24) is 4.73 Å². The molecule has 0 aliphatic carbocycles. The zero-order chi connectivity index (χ0) is 12.4. The lowest BCUT2D eigenvalue weighted by Crippen LogP contribution is -2.26. The molecule has 0 radical (unpaired) electrons. The van der Waals surface area contributed by atoms with Crippen molar-refractivity contribution < 1.29 is 9.63 Å². The summed E-state index contributed by atoms with van der Waals surface area (Å²) in [5.74, 6) is -0.436. The van der Waals surface area contributed by atoms with Gasteiger partial charge in [0.15, 0.2) is 0 Å². The average Bonchev–Trinajstić information content (AvgIpc) is 2.57. The second kappa shape index (κ2) is 4.89. The Balaban J connectivity index is 2.49. The van der Waals surface area contributed by atoms with E-state index in [2.05, 4.69) is 0 Å². The third kappa shape index (κ3) is 2.35. The van der Waals surface area contributed by atoms with E-state index < -0.39 is 5.97 Å². The summed E-state index contributed by atoms with van der Waals surface area (Å²) in [6.45, 7) is 1.86. The normalized spacial score (nSPS) is 10.7. The van der Waals surface area contributed by atoms with Gasteiger partial charge in [-0.3, -0.25) is 4.79 Å². The van der Waals surface area contributed by atoms with Crippen LogP contribution in [0.5, 0.6) is 0 Å². The van der Waals surface area contributed by atoms with Gasteiger partial charge < -0.3 is 4.84 Å². The van der Waals surface area contributed by atoms with Crippen LogP contribution >= 0.6 is 22.9 Å². The number of rotatable bonds is 3. The van der Waals surface area contributed by atoms with Crippen LogP contribution in [0.3, 0.4) is 0 Å². The molecular weight excluding hydrogens is 262 g/mol. The van der Waals surface area contributed by atoms with Gasteiger partial charge in [-0.1, -0.05) is 35.9 Å². The van der Waals surface area contributed by atoms with E-state index in [4.69, 9.17) is 16.4 Å². The molecule has 0 N–H and O–H groups in total. The Hall–Kier alpha value is -1.33. The van der Waals surface area contributed by atoms with Gasteiger partial charge in [-0.2, -0.15) is 0 Å². The highest BCUT2D eigenvalue weighted by atomic mass is 35.5. The molecule has 1 heterocycles. The molecule has 90 valence electrons. The van der Waals surface area contributed by atoms with Crippen LogP contribution in [0.25, 0.3) is 10.2 Å². The molecule has 0 unspecified atom stereocenters. The largest absolute Gasteiger partial charge is 0.341 e. The second-order valence-corrected chi connectivity index (χ2v) is 4.86. The molecule has 0 amide bonds. The Kier molecular flexibility index (Phi) is 3.49. The maximum Gasteiger partial charge on any atom is 0.341 e. The summed E-state index contributed by atoms with van der Waals surface area (Å²) in [6, 6.07) is 5.16. The monoisotopic (exact) mass is 271 g/mol. The second-order valence-electron chi connectivity index (χ2n) is 3.46. The number of halogens is 1. The van der Waals surface area contributed by atoms with Crippen molar-refractivity contribution >= 4 is 39.1 Å². The number of fused-ring (bicyclic) bond motifs is 1. The van der Waals surface area contributed by atoms with Crippen molar-refractivity contribution in [2.45, 2.75) is 19.8 Å². The summed E-state index contributed by atoms with van der Waals surface area (Å²) in [7, 11) is 0. The lowest BCUT2D eigenvalue weighted by molar-refractivity contribution is -0.143. The van der Waals surface area contributed by atoms with Gasteiger partial charge in [-0.25, -0.2) is 4.79 Å². The van der Waals surface area contributed by atoms with Crippen LogP contribution in [-0.4, -0.2) is 10.7 Å². The van der Waals surface area contributed by atoms with Crippen LogP contribution in [0.4, 0.5) is 0 Å². The fourth-order valence-electron chi connectivity index (χ4n) is 1.44. The van der Waals surface area contributed by atoms with Gasteiger partial charge in [0.1, 0.15) is 5.52 Å². The van der Waals surface area contributed by atoms with Crippen molar-refractivity contribution in [3.63, 3.8) is 0 Å². The van der Waals surface area contributed by atoms with Crippen molar-refractivity contribution in [1.29, 1.82) is 0 Å². The summed E-state index contributed by atoms with van der Waals surface area (Å²) in [6.07, 6.45) is 0.942. The van der Waals surface area contributed by atoms with Gasteiger partial charge >= 0.3 is 10.8 Å². The fraction of sp³-hybridized carbons (Fsp3) is 0.273. The maximum absolute atomic E-state index is 11.7. The molecule has 2 rings (SSSR count). The van der Waals surface area contributed by atoms with Crippen LogP contribution in [0, 0.1) is 0 Å². The minimum absolute atomic E-state index is 0.272. The molecule has 0 saturated carbocycles. The number of carbonyl (C=O) groups is 1. The van der Waals surface area contributed by atoms with Crippen LogP contribution in [0.2, 0.25) is 5.02 Å². The number of benzene rings is 1. The van der Waals surface area contributed by atoms with Crippen LogP contribution in [0.1, 0.15) is 19.8 Å². The highest BCUT2D eigenvalue weighted by molar-refractivity contribution is 7.16. The maximum atomic E-state index is 11.7. The van der Waals surface area contributed by atoms with E-state index in [0.717, 1.165) is 16.1 Å². The number of nitrogens with zero attached hydrogens (tertiary/aromatic N) is 1. The lowest BCUT2D eigenvalue weighted by Gasteiger charge is -2.04. The molecule has 4 nitrogen and oxygen atoms in total. The van der Waals surface area contributed by atoms with Gasteiger partial charge in [0.05, 0.1) is 9.72 Å². The average molecular weight is 272 g/mol. The molecule has 1 aromatic heterocycles. The first kappa shape index (κ1) is 12.1. The Bertz CT molecular complexity index is 617. The minimum Gasteiger partial charge on any atom is -0.332 e. The first-order valence-electron chi connectivity index (χ1n) is 5.14. The zero-order valence-corrected chi connectivity index (χ0v) is 10.7. The molecule has 0 saturated heterocycles. The molecule has 0 fully saturated rings. The van der Waals surface area contributed by atoms with Gasteiger partial charge in [0.2, 0.25) is 0 Å². The fourth-order valence-corrected chi connectivity index (χ4v) is 2.58. The highest BCUT2D eigenvalue weighted by Gasteiger charge is 2.14. The topological polar surface area (TPSA) is 48.3 Å². The molecular formula is C11H10ClNO3S. The van der Waals surface area contributed by atoms with Crippen molar-refractivity contribution in [2.75, 3.05) is 0 Å². The Labute approximate surface area is 106 Å². The van der Waals surface area contributed by atoms with Crippen molar-refractivity contribution in [3.05, 3.63) is 32.9 Å². The van der Waals surface area contributed by atoms with Crippen LogP contribution in [-0.2, 0) is 4.79 Å². The van der Waals surface area contributed by atoms with Crippen molar-refractivity contribution in [2.24, 2.45) is 0 Å².